The third kappa shape index (κ3) is 5.20. The lowest BCUT2D eigenvalue weighted by Gasteiger charge is -2.11. The first kappa shape index (κ1) is 18.7. The van der Waals surface area contributed by atoms with Crippen molar-refractivity contribution < 1.29 is 4.74 Å². The van der Waals surface area contributed by atoms with Gasteiger partial charge in [0.2, 0.25) is 0 Å². The van der Waals surface area contributed by atoms with Gasteiger partial charge in [-0.05, 0) is 43.2 Å². The van der Waals surface area contributed by atoms with Gasteiger partial charge in [0.15, 0.2) is 11.6 Å². The molecule has 0 aliphatic rings. The molecule has 3 rings (SSSR count). The molecule has 0 saturated carbocycles. The highest BCUT2D eigenvalue weighted by molar-refractivity contribution is 5.79. The van der Waals surface area contributed by atoms with Crippen LogP contribution in [0.15, 0.2) is 53.7 Å². The number of aromatic nitrogens is 3. The van der Waals surface area contributed by atoms with Gasteiger partial charge >= 0.3 is 0 Å². The van der Waals surface area contributed by atoms with Gasteiger partial charge in [0.25, 0.3) is 0 Å². The van der Waals surface area contributed by atoms with Crippen LogP contribution in [0.5, 0.6) is 5.75 Å². The average molecular weight is 366 g/mol. The van der Waals surface area contributed by atoms with E-state index in [1.807, 2.05) is 53.1 Å². The molecule has 0 radical (unpaired) electrons. The maximum atomic E-state index is 5.18. The molecule has 0 amide bonds. The normalized spacial score (nSPS) is 11.6. The Morgan fingerprint density at radius 3 is 2.74 bits per heavy atom. The number of hydrogen-bond acceptors (Lipinski definition) is 4. The van der Waals surface area contributed by atoms with Gasteiger partial charge in [-0.25, -0.2) is 4.99 Å². The number of guanidine groups is 1. The van der Waals surface area contributed by atoms with Crippen LogP contribution in [-0.4, -0.2) is 40.8 Å². The summed E-state index contributed by atoms with van der Waals surface area (Å²) in [6, 6.07) is 13.9. The van der Waals surface area contributed by atoms with Crippen LogP contribution in [-0.2, 0) is 13.0 Å². The molecule has 0 spiro atoms. The molecule has 7 nitrogen and oxygen atoms in total. The summed E-state index contributed by atoms with van der Waals surface area (Å²) in [5, 5.41) is 15.1. The largest absolute Gasteiger partial charge is 0.497 e. The number of benzene rings is 1. The number of ether oxygens (including phenoxy) is 1. The number of aryl methyl sites for hydroxylation is 1. The van der Waals surface area contributed by atoms with E-state index in [2.05, 4.69) is 32.7 Å². The molecule has 2 aromatic heterocycles. The highest BCUT2D eigenvalue weighted by Gasteiger charge is 2.04. The first-order valence-corrected chi connectivity index (χ1v) is 9.24. The highest BCUT2D eigenvalue weighted by Crippen LogP contribution is 2.11. The van der Waals surface area contributed by atoms with Crippen molar-refractivity contribution in [3.8, 4) is 5.75 Å². The van der Waals surface area contributed by atoms with Gasteiger partial charge in [0.1, 0.15) is 11.6 Å². The van der Waals surface area contributed by atoms with Gasteiger partial charge in [-0.3, -0.25) is 4.40 Å². The first-order valence-electron chi connectivity index (χ1n) is 9.24. The van der Waals surface area contributed by atoms with Crippen molar-refractivity contribution in [3.63, 3.8) is 0 Å². The van der Waals surface area contributed by atoms with E-state index in [0.717, 1.165) is 54.7 Å². The van der Waals surface area contributed by atoms with E-state index in [1.54, 1.807) is 7.11 Å². The first-order chi connectivity index (χ1) is 13.3. The summed E-state index contributed by atoms with van der Waals surface area (Å²) in [5.74, 6) is 2.65. The predicted molar refractivity (Wildman–Crippen MR) is 107 cm³/mol. The van der Waals surface area contributed by atoms with E-state index in [9.17, 15) is 0 Å². The van der Waals surface area contributed by atoms with Crippen LogP contribution < -0.4 is 15.4 Å². The van der Waals surface area contributed by atoms with Crippen molar-refractivity contribution in [2.45, 2.75) is 26.3 Å². The molecule has 0 bridgehead atoms. The number of methoxy groups -OCH3 is 1. The Morgan fingerprint density at radius 1 is 1.11 bits per heavy atom. The summed E-state index contributed by atoms with van der Waals surface area (Å²) >= 11 is 0. The minimum absolute atomic E-state index is 0.619. The van der Waals surface area contributed by atoms with Gasteiger partial charge in [-0.15, -0.1) is 10.2 Å². The van der Waals surface area contributed by atoms with E-state index in [-0.39, 0.29) is 0 Å². The summed E-state index contributed by atoms with van der Waals surface area (Å²) in [4.78, 5) is 4.64. The number of fused-ring (bicyclic) bond motifs is 1. The molecule has 1 aromatic carbocycles. The standard InChI is InChI=1S/C20H26N6O/c1-3-21-20(23-15-16-9-11-17(27-2)12-10-16)22-13-6-8-19-25-24-18-7-4-5-14-26(18)19/h4-5,7,9-12,14H,3,6,8,13,15H2,1-2H3,(H2,21,22,23). The number of nitrogens with one attached hydrogen (secondary N) is 2. The van der Waals surface area contributed by atoms with Crippen molar-refractivity contribution >= 4 is 11.6 Å². The fourth-order valence-electron chi connectivity index (χ4n) is 2.76. The summed E-state index contributed by atoms with van der Waals surface area (Å²) in [7, 11) is 1.67. The number of rotatable bonds is 8. The summed E-state index contributed by atoms with van der Waals surface area (Å²) in [6.07, 6.45) is 3.80. The van der Waals surface area contributed by atoms with Gasteiger partial charge in [0, 0.05) is 25.7 Å². The molecule has 0 unspecified atom stereocenters. The lowest BCUT2D eigenvalue weighted by atomic mass is 10.2. The zero-order chi connectivity index (χ0) is 18.9. The Bertz CT molecular complexity index is 872. The van der Waals surface area contributed by atoms with Crippen molar-refractivity contribution in [2.75, 3.05) is 20.2 Å². The zero-order valence-electron chi connectivity index (χ0n) is 15.9. The minimum atomic E-state index is 0.619. The van der Waals surface area contributed by atoms with E-state index in [1.165, 1.54) is 0 Å². The summed E-state index contributed by atoms with van der Waals surface area (Å²) < 4.78 is 7.22. The molecule has 2 heterocycles. The van der Waals surface area contributed by atoms with Crippen molar-refractivity contribution in [3.05, 3.63) is 60.0 Å². The second kappa shape index (κ2) is 9.56. The molecule has 0 saturated heterocycles. The summed E-state index contributed by atoms with van der Waals surface area (Å²) in [5.41, 5.74) is 2.03. The lowest BCUT2D eigenvalue weighted by Crippen LogP contribution is -2.37. The highest BCUT2D eigenvalue weighted by atomic mass is 16.5. The van der Waals surface area contributed by atoms with Gasteiger partial charge in [0.05, 0.1) is 13.7 Å². The Hall–Kier alpha value is -3.09. The van der Waals surface area contributed by atoms with Crippen molar-refractivity contribution in [1.29, 1.82) is 0 Å². The zero-order valence-corrected chi connectivity index (χ0v) is 15.9. The van der Waals surface area contributed by atoms with Gasteiger partial charge in [-0.2, -0.15) is 0 Å². The molecule has 3 aromatic rings. The lowest BCUT2D eigenvalue weighted by molar-refractivity contribution is 0.414. The predicted octanol–water partition coefficient (Wildman–Crippen LogP) is 2.43. The van der Waals surface area contributed by atoms with Crippen LogP contribution in [0.4, 0.5) is 0 Å². The van der Waals surface area contributed by atoms with Gasteiger partial charge < -0.3 is 15.4 Å². The van der Waals surface area contributed by atoms with E-state index >= 15 is 0 Å². The molecule has 0 fully saturated rings. The third-order valence-corrected chi connectivity index (χ3v) is 4.18. The quantitative estimate of drug-likeness (QED) is 0.364. The average Bonchev–Trinajstić information content (AvgIpc) is 3.13. The van der Waals surface area contributed by atoms with E-state index in [0.29, 0.717) is 6.54 Å². The molecule has 7 heteroatoms. The minimum Gasteiger partial charge on any atom is -0.497 e. The molecule has 2 N–H and O–H groups in total. The monoisotopic (exact) mass is 366 g/mol. The second-order valence-electron chi connectivity index (χ2n) is 6.12. The van der Waals surface area contributed by atoms with Crippen LogP contribution >= 0.6 is 0 Å². The molecular weight excluding hydrogens is 340 g/mol. The van der Waals surface area contributed by atoms with Crippen LogP contribution in [0.2, 0.25) is 0 Å². The van der Waals surface area contributed by atoms with Crippen LogP contribution in [0.1, 0.15) is 24.7 Å². The maximum Gasteiger partial charge on any atom is 0.191 e. The Labute approximate surface area is 159 Å². The Morgan fingerprint density at radius 2 is 1.96 bits per heavy atom. The molecule has 0 atom stereocenters. The van der Waals surface area contributed by atoms with Crippen molar-refractivity contribution in [1.82, 2.24) is 25.2 Å². The molecule has 0 aliphatic heterocycles. The number of hydrogen-bond donors (Lipinski definition) is 2. The Kier molecular flexibility index (Phi) is 6.62. The topological polar surface area (TPSA) is 75.8 Å². The van der Waals surface area contributed by atoms with Crippen LogP contribution in [0.25, 0.3) is 5.65 Å². The second-order valence-corrected chi connectivity index (χ2v) is 6.12. The maximum absolute atomic E-state index is 5.18. The van der Waals surface area contributed by atoms with E-state index < -0.39 is 0 Å². The van der Waals surface area contributed by atoms with Crippen LogP contribution in [0.3, 0.4) is 0 Å². The Balaban J connectivity index is 1.50. The third-order valence-electron chi connectivity index (χ3n) is 4.18. The number of aliphatic imine (C=N–C) groups is 1. The fraction of sp³-hybridized carbons (Fsp3) is 0.350. The fourth-order valence-corrected chi connectivity index (χ4v) is 2.76. The molecular formula is C20H26N6O. The number of nitrogens with zero attached hydrogens (tertiary/aromatic N) is 4. The van der Waals surface area contributed by atoms with Crippen molar-refractivity contribution in [2.24, 2.45) is 4.99 Å². The number of pyridine rings is 1. The van der Waals surface area contributed by atoms with Crippen LogP contribution in [0, 0.1) is 0 Å². The van der Waals surface area contributed by atoms with Gasteiger partial charge in [-0.1, -0.05) is 18.2 Å². The smallest absolute Gasteiger partial charge is 0.191 e. The van der Waals surface area contributed by atoms with E-state index in [4.69, 9.17) is 4.74 Å². The summed E-state index contributed by atoms with van der Waals surface area (Å²) in [6.45, 7) is 4.32. The SMILES string of the molecule is CCNC(=NCc1ccc(OC)cc1)NCCCc1nnc2ccccn12. The molecule has 0 aliphatic carbocycles. The molecule has 27 heavy (non-hydrogen) atoms. The molecule has 142 valence electrons.